The number of anilines is 1. The van der Waals surface area contributed by atoms with Gasteiger partial charge in [-0.15, -0.1) is 0 Å². The molecule has 2 rings (SSSR count). The van der Waals surface area contributed by atoms with Crippen molar-refractivity contribution >= 4 is 28.7 Å². The number of esters is 1. The fourth-order valence-corrected chi connectivity index (χ4v) is 2.25. The summed E-state index contributed by atoms with van der Waals surface area (Å²) in [5.74, 6) is -0.547. The third-order valence-corrected chi connectivity index (χ3v) is 3.83. The van der Waals surface area contributed by atoms with Gasteiger partial charge in [-0.3, -0.25) is 0 Å². The van der Waals surface area contributed by atoms with Crippen molar-refractivity contribution in [3.63, 3.8) is 0 Å². The summed E-state index contributed by atoms with van der Waals surface area (Å²) in [7, 11) is 1.29. The molecule has 128 valence electrons. The van der Waals surface area contributed by atoms with Crippen LogP contribution in [0.15, 0.2) is 39.5 Å². The number of rotatable bonds is 5. The van der Waals surface area contributed by atoms with Crippen molar-refractivity contribution in [1.82, 2.24) is 5.32 Å². The lowest BCUT2D eigenvalue weighted by atomic mass is 9.99. The summed E-state index contributed by atoms with van der Waals surface area (Å²) in [4.78, 5) is 35.1. The molecule has 1 aromatic carbocycles. The second kappa shape index (κ2) is 7.63. The number of amides is 2. The standard InChI is InChI=1S/C17H20N2O5/c1-4-10(2)15(16(21)23-3)19-17(22)18-12-6-7-13-11(9-12)5-8-14(20)24-13/h5-10,15H,4H2,1-3H3,(H2,18,19,22)/t10-,15-/m0/s1. The van der Waals surface area contributed by atoms with E-state index in [0.717, 1.165) is 6.42 Å². The molecule has 24 heavy (non-hydrogen) atoms. The molecule has 2 amide bonds. The molecule has 1 heterocycles. The number of nitrogens with one attached hydrogen (secondary N) is 2. The first-order valence-corrected chi connectivity index (χ1v) is 7.64. The van der Waals surface area contributed by atoms with Crippen LogP contribution in [0.25, 0.3) is 11.0 Å². The fraction of sp³-hybridized carbons (Fsp3) is 0.353. The van der Waals surface area contributed by atoms with Gasteiger partial charge in [-0.05, 0) is 30.2 Å². The quantitative estimate of drug-likeness (QED) is 0.647. The molecule has 7 heteroatoms. The van der Waals surface area contributed by atoms with Crippen molar-refractivity contribution in [1.29, 1.82) is 0 Å². The molecule has 0 saturated heterocycles. The summed E-state index contributed by atoms with van der Waals surface area (Å²) in [6, 6.07) is 6.57. The van der Waals surface area contributed by atoms with E-state index in [1.807, 2.05) is 13.8 Å². The maximum Gasteiger partial charge on any atom is 0.336 e. The summed E-state index contributed by atoms with van der Waals surface area (Å²) in [5.41, 5.74) is 0.512. The Balaban J connectivity index is 2.12. The predicted molar refractivity (Wildman–Crippen MR) is 89.9 cm³/mol. The summed E-state index contributed by atoms with van der Waals surface area (Å²) in [6.07, 6.45) is 0.717. The predicted octanol–water partition coefficient (Wildman–Crippen LogP) is 2.50. The lowest BCUT2D eigenvalue weighted by molar-refractivity contribution is -0.144. The molecule has 7 nitrogen and oxygen atoms in total. The largest absolute Gasteiger partial charge is 0.467 e. The molecule has 0 aliphatic carbocycles. The van der Waals surface area contributed by atoms with Crippen LogP contribution in [-0.4, -0.2) is 25.2 Å². The van der Waals surface area contributed by atoms with Gasteiger partial charge in [0.25, 0.3) is 0 Å². The lowest BCUT2D eigenvalue weighted by Crippen LogP contribution is -2.47. The van der Waals surface area contributed by atoms with Gasteiger partial charge in [0.1, 0.15) is 11.6 Å². The number of hydrogen-bond acceptors (Lipinski definition) is 5. The van der Waals surface area contributed by atoms with Crippen LogP contribution in [0.2, 0.25) is 0 Å². The Morgan fingerprint density at radius 3 is 2.67 bits per heavy atom. The fourth-order valence-electron chi connectivity index (χ4n) is 2.25. The van der Waals surface area contributed by atoms with Crippen molar-refractivity contribution in [2.75, 3.05) is 12.4 Å². The van der Waals surface area contributed by atoms with Gasteiger partial charge in [0, 0.05) is 17.1 Å². The Bertz CT molecular complexity index is 799. The van der Waals surface area contributed by atoms with Crippen LogP contribution >= 0.6 is 0 Å². The van der Waals surface area contributed by atoms with Gasteiger partial charge in [0.05, 0.1) is 7.11 Å². The Morgan fingerprint density at radius 1 is 1.25 bits per heavy atom. The van der Waals surface area contributed by atoms with Gasteiger partial charge in [-0.25, -0.2) is 14.4 Å². The van der Waals surface area contributed by atoms with Crippen LogP contribution in [0, 0.1) is 5.92 Å². The van der Waals surface area contributed by atoms with E-state index in [0.29, 0.717) is 16.7 Å². The second-order valence-corrected chi connectivity index (χ2v) is 5.49. The van der Waals surface area contributed by atoms with Crippen LogP contribution < -0.4 is 16.3 Å². The molecule has 2 aromatic rings. The van der Waals surface area contributed by atoms with E-state index < -0.39 is 23.7 Å². The third kappa shape index (κ3) is 4.13. The first-order valence-electron chi connectivity index (χ1n) is 7.64. The molecule has 2 N–H and O–H groups in total. The van der Waals surface area contributed by atoms with E-state index in [1.165, 1.54) is 13.2 Å². The highest BCUT2D eigenvalue weighted by Gasteiger charge is 2.26. The van der Waals surface area contributed by atoms with E-state index in [2.05, 4.69) is 10.6 Å². The van der Waals surface area contributed by atoms with Crippen LogP contribution in [-0.2, 0) is 9.53 Å². The first-order chi connectivity index (χ1) is 11.4. The zero-order valence-electron chi connectivity index (χ0n) is 13.8. The zero-order chi connectivity index (χ0) is 17.7. The van der Waals surface area contributed by atoms with E-state index in [4.69, 9.17) is 9.15 Å². The van der Waals surface area contributed by atoms with Crippen molar-refractivity contribution in [2.24, 2.45) is 5.92 Å². The van der Waals surface area contributed by atoms with Crippen LogP contribution in [0.1, 0.15) is 20.3 Å². The van der Waals surface area contributed by atoms with Gasteiger partial charge in [-0.1, -0.05) is 20.3 Å². The van der Waals surface area contributed by atoms with Gasteiger partial charge >= 0.3 is 17.6 Å². The Hall–Kier alpha value is -2.83. The average molecular weight is 332 g/mol. The summed E-state index contributed by atoms with van der Waals surface area (Å²) in [5, 5.41) is 5.96. The number of carbonyl (C=O) groups is 2. The van der Waals surface area contributed by atoms with Crippen molar-refractivity contribution in [3.05, 3.63) is 40.8 Å². The number of carbonyl (C=O) groups excluding carboxylic acids is 2. The lowest BCUT2D eigenvalue weighted by Gasteiger charge is -2.22. The highest BCUT2D eigenvalue weighted by molar-refractivity contribution is 5.94. The van der Waals surface area contributed by atoms with E-state index in [9.17, 15) is 14.4 Å². The molecule has 0 unspecified atom stereocenters. The minimum absolute atomic E-state index is 0.0610. The molecule has 1 aromatic heterocycles. The monoisotopic (exact) mass is 332 g/mol. The van der Waals surface area contributed by atoms with Crippen molar-refractivity contribution in [3.8, 4) is 0 Å². The van der Waals surface area contributed by atoms with Gasteiger partial charge in [-0.2, -0.15) is 0 Å². The number of ether oxygens (including phenoxy) is 1. The molecule has 0 aliphatic heterocycles. The molecule has 0 radical (unpaired) electrons. The molecule has 0 fully saturated rings. The molecular weight excluding hydrogens is 312 g/mol. The molecule has 0 saturated carbocycles. The number of fused-ring (bicyclic) bond motifs is 1. The van der Waals surface area contributed by atoms with Crippen molar-refractivity contribution < 1.29 is 18.7 Å². The molecular formula is C17H20N2O5. The SMILES string of the molecule is CC[C@H](C)[C@H](NC(=O)Nc1ccc2oc(=O)ccc2c1)C(=O)OC. The maximum atomic E-state index is 12.2. The van der Waals surface area contributed by atoms with E-state index >= 15 is 0 Å². The second-order valence-electron chi connectivity index (χ2n) is 5.49. The molecule has 0 bridgehead atoms. The van der Waals surface area contributed by atoms with Gasteiger partial charge < -0.3 is 19.8 Å². The number of hydrogen-bond donors (Lipinski definition) is 2. The summed E-state index contributed by atoms with van der Waals surface area (Å²) >= 11 is 0. The highest BCUT2D eigenvalue weighted by atomic mass is 16.5. The number of urea groups is 1. The summed E-state index contributed by atoms with van der Waals surface area (Å²) in [6.45, 7) is 3.79. The van der Waals surface area contributed by atoms with Gasteiger partial charge in [0.15, 0.2) is 0 Å². The average Bonchev–Trinajstić information content (AvgIpc) is 2.58. The van der Waals surface area contributed by atoms with Crippen LogP contribution in [0.3, 0.4) is 0 Å². The zero-order valence-corrected chi connectivity index (χ0v) is 13.8. The van der Waals surface area contributed by atoms with Crippen LogP contribution in [0.4, 0.5) is 10.5 Å². The number of methoxy groups -OCH3 is 1. The van der Waals surface area contributed by atoms with Crippen molar-refractivity contribution in [2.45, 2.75) is 26.3 Å². The Kier molecular flexibility index (Phi) is 5.57. The van der Waals surface area contributed by atoms with Crippen LogP contribution in [0.5, 0.6) is 0 Å². The number of benzene rings is 1. The smallest absolute Gasteiger partial charge is 0.336 e. The Labute approximate surface area is 139 Å². The topological polar surface area (TPSA) is 97.6 Å². The molecule has 2 atom stereocenters. The third-order valence-electron chi connectivity index (χ3n) is 3.83. The normalized spacial score (nSPS) is 13.1. The van der Waals surface area contributed by atoms with E-state index in [-0.39, 0.29) is 5.92 Å². The first kappa shape index (κ1) is 17.5. The van der Waals surface area contributed by atoms with Gasteiger partial charge in [0.2, 0.25) is 0 Å². The molecule has 0 spiro atoms. The minimum Gasteiger partial charge on any atom is -0.467 e. The maximum absolute atomic E-state index is 12.2. The Morgan fingerprint density at radius 2 is 2.00 bits per heavy atom. The highest BCUT2D eigenvalue weighted by Crippen LogP contribution is 2.18. The minimum atomic E-state index is -0.724. The summed E-state index contributed by atoms with van der Waals surface area (Å²) < 4.78 is 9.76. The molecule has 0 aliphatic rings. The van der Waals surface area contributed by atoms with E-state index in [1.54, 1.807) is 24.3 Å².